The van der Waals surface area contributed by atoms with Crippen LogP contribution >= 0.6 is 11.6 Å². The predicted octanol–water partition coefficient (Wildman–Crippen LogP) is 3.24. The lowest BCUT2D eigenvalue weighted by atomic mass is 10.1. The van der Waals surface area contributed by atoms with E-state index in [1.54, 1.807) is 25.1 Å². The van der Waals surface area contributed by atoms with Crippen LogP contribution in [0.2, 0.25) is 5.02 Å². The van der Waals surface area contributed by atoms with Crippen LogP contribution in [0.5, 0.6) is 5.75 Å². The number of anilines is 1. The standard InChI is InChI=1S/C20H23ClN2O5S/c1-13-4-5-15(29(25,26)23-6-8-28-9-7-23)11-16(13)20(24)22-18-10-14(2)17(21)12-19(18)27-3/h4-5,10-12H,6-9H2,1-3H3,(H,22,24). The summed E-state index contributed by atoms with van der Waals surface area (Å²) in [5.74, 6) is -0.00903. The predicted molar refractivity (Wildman–Crippen MR) is 111 cm³/mol. The molecule has 1 heterocycles. The molecule has 1 amide bonds. The fourth-order valence-electron chi connectivity index (χ4n) is 3.06. The van der Waals surface area contributed by atoms with Gasteiger partial charge in [0.25, 0.3) is 5.91 Å². The van der Waals surface area contributed by atoms with E-state index in [4.69, 9.17) is 21.1 Å². The minimum absolute atomic E-state index is 0.0781. The zero-order valence-electron chi connectivity index (χ0n) is 16.5. The van der Waals surface area contributed by atoms with Crippen LogP contribution in [0.3, 0.4) is 0 Å². The lowest BCUT2D eigenvalue weighted by Gasteiger charge is -2.26. The molecule has 1 N–H and O–H groups in total. The Bertz CT molecular complexity index is 1030. The number of hydrogen-bond acceptors (Lipinski definition) is 5. The van der Waals surface area contributed by atoms with E-state index in [0.29, 0.717) is 48.3 Å². The molecule has 1 fully saturated rings. The molecule has 9 heteroatoms. The molecule has 0 radical (unpaired) electrons. The smallest absolute Gasteiger partial charge is 0.256 e. The van der Waals surface area contributed by atoms with Gasteiger partial charge in [0.1, 0.15) is 5.75 Å². The van der Waals surface area contributed by atoms with E-state index in [-0.39, 0.29) is 10.5 Å². The molecular weight excluding hydrogens is 416 g/mol. The number of carbonyl (C=O) groups excluding carboxylic acids is 1. The lowest BCUT2D eigenvalue weighted by molar-refractivity contribution is 0.0730. The summed E-state index contributed by atoms with van der Waals surface area (Å²) in [6.45, 7) is 4.86. The number of rotatable bonds is 5. The molecule has 7 nitrogen and oxygen atoms in total. The number of nitrogens with one attached hydrogen (secondary N) is 1. The molecule has 29 heavy (non-hydrogen) atoms. The highest BCUT2D eigenvalue weighted by atomic mass is 35.5. The van der Waals surface area contributed by atoms with E-state index in [1.807, 2.05) is 6.92 Å². The highest BCUT2D eigenvalue weighted by Gasteiger charge is 2.27. The number of methoxy groups -OCH3 is 1. The van der Waals surface area contributed by atoms with Crippen molar-refractivity contribution >= 4 is 33.2 Å². The van der Waals surface area contributed by atoms with E-state index in [1.165, 1.54) is 23.5 Å². The SMILES string of the molecule is COc1cc(Cl)c(C)cc1NC(=O)c1cc(S(=O)(=O)N2CCOCC2)ccc1C. The normalized spacial score (nSPS) is 15.2. The molecule has 1 aliphatic rings. The summed E-state index contributed by atoms with van der Waals surface area (Å²) >= 11 is 6.12. The Morgan fingerprint density at radius 2 is 1.83 bits per heavy atom. The van der Waals surface area contributed by atoms with Gasteiger partial charge in [0, 0.05) is 29.7 Å². The number of amides is 1. The van der Waals surface area contributed by atoms with Crippen molar-refractivity contribution in [3.8, 4) is 5.75 Å². The van der Waals surface area contributed by atoms with Gasteiger partial charge in [-0.15, -0.1) is 0 Å². The van der Waals surface area contributed by atoms with Crippen LogP contribution in [0.4, 0.5) is 5.69 Å². The van der Waals surface area contributed by atoms with Crippen molar-refractivity contribution in [3.63, 3.8) is 0 Å². The van der Waals surface area contributed by atoms with Crippen LogP contribution in [-0.4, -0.2) is 52.0 Å². The molecule has 0 bridgehead atoms. The van der Waals surface area contributed by atoms with Crippen LogP contribution in [-0.2, 0) is 14.8 Å². The molecule has 0 atom stereocenters. The summed E-state index contributed by atoms with van der Waals surface area (Å²) in [7, 11) is -2.22. The Morgan fingerprint density at radius 3 is 2.48 bits per heavy atom. The second-order valence-corrected chi connectivity index (χ2v) is 9.09. The molecule has 2 aromatic rings. The summed E-state index contributed by atoms with van der Waals surface area (Å²) in [5, 5.41) is 3.32. The molecule has 1 saturated heterocycles. The van der Waals surface area contributed by atoms with Gasteiger partial charge in [-0.25, -0.2) is 8.42 Å². The number of sulfonamides is 1. The third kappa shape index (κ3) is 4.56. The van der Waals surface area contributed by atoms with Gasteiger partial charge in [-0.1, -0.05) is 17.7 Å². The summed E-state index contributed by atoms with van der Waals surface area (Å²) < 4.78 is 37.7. The number of carbonyl (C=O) groups is 1. The number of benzene rings is 2. The van der Waals surface area contributed by atoms with Crippen molar-refractivity contribution in [2.24, 2.45) is 0 Å². The molecule has 0 aliphatic carbocycles. The van der Waals surface area contributed by atoms with Crippen molar-refractivity contribution in [3.05, 3.63) is 52.0 Å². The van der Waals surface area contributed by atoms with Crippen molar-refractivity contribution < 1.29 is 22.7 Å². The Labute approximate surface area is 175 Å². The van der Waals surface area contributed by atoms with Gasteiger partial charge in [-0.2, -0.15) is 4.31 Å². The van der Waals surface area contributed by atoms with Gasteiger partial charge in [-0.3, -0.25) is 4.79 Å². The first-order valence-electron chi connectivity index (χ1n) is 9.08. The largest absolute Gasteiger partial charge is 0.495 e. The van der Waals surface area contributed by atoms with Gasteiger partial charge in [0.2, 0.25) is 10.0 Å². The quantitative estimate of drug-likeness (QED) is 0.774. The molecule has 3 rings (SSSR count). The summed E-state index contributed by atoms with van der Waals surface area (Å²) in [6.07, 6.45) is 0. The van der Waals surface area contributed by atoms with Crippen LogP contribution in [0, 0.1) is 13.8 Å². The zero-order valence-corrected chi connectivity index (χ0v) is 18.1. The van der Waals surface area contributed by atoms with Crippen LogP contribution in [0.1, 0.15) is 21.5 Å². The Hall–Kier alpha value is -2.13. The number of ether oxygens (including phenoxy) is 2. The van der Waals surface area contributed by atoms with Crippen LogP contribution < -0.4 is 10.1 Å². The third-order valence-electron chi connectivity index (χ3n) is 4.79. The van der Waals surface area contributed by atoms with Gasteiger partial charge < -0.3 is 14.8 Å². The maximum Gasteiger partial charge on any atom is 0.256 e. The number of aryl methyl sites for hydroxylation is 2. The number of hydrogen-bond donors (Lipinski definition) is 1. The first-order chi connectivity index (χ1) is 13.7. The van der Waals surface area contributed by atoms with Gasteiger partial charge >= 0.3 is 0 Å². The first kappa shape index (κ1) is 21.6. The van der Waals surface area contributed by atoms with Crippen molar-refractivity contribution in [2.75, 3.05) is 38.7 Å². The second kappa shape index (κ2) is 8.71. The maximum absolute atomic E-state index is 12.9. The Kier molecular flexibility index (Phi) is 6.48. The summed E-state index contributed by atoms with van der Waals surface area (Å²) in [6, 6.07) is 7.89. The van der Waals surface area contributed by atoms with Gasteiger partial charge in [0.05, 0.1) is 30.9 Å². The number of nitrogens with zero attached hydrogens (tertiary/aromatic N) is 1. The molecule has 0 unspecified atom stereocenters. The maximum atomic E-state index is 12.9. The molecular formula is C20H23ClN2O5S. The highest BCUT2D eigenvalue weighted by molar-refractivity contribution is 7.89. The Balaban J connectivity index is 1.92. The van der Waals surface area contributed by atoms with Gasteiger partial charge in [-0.05, 0) is 43.2 Å². The number of morpholine rings is 1. The monoisotopic (exact) mass is 438 g/mol. The average Bonchev–Trinajstić information content (AvgIpc) is 2.71. The summed E-state index contributed by atoms with van der Waals surface area (Å²) in [4.78, 5) is 13.0. The third-order valence-corrected chi connectivity index (χ3v) is 7.09. The fourth-order valence-corrected chi connectivity index (χ4v) is 4.65. The average molecular weight is 439 g/mol. The second-order valence-electron chi connectivity index (χ2n) is 6.75. The van der Waals surface area contributed by atoms with Crippen LogP contribution in [0.15, 0.2) is 35.2 Å². The van der Waals surface area contributed by atoms with Crippen LogP contribution in [0.25, 0.3) is 0 Å². The minimum Gasteiger partial charge on any atom is -0.495 e. The molecule has 0 spiro atoms. The summed E-state index contributed by atoms with van der Waals surface area (Å²) in [5.41, 5.74) is 2.17. The van der Waals surface area contributed by atoms with Gasteiger partial charge in [0.15, 0.2) is 0 Å². The van der Waals surface area contributed by atoms with E-state index in [2.05, 4.69) is 5.32 Å². The fraction of sp³-hybridized carbons (Fsp3) is 0.350. The molecule has 1 aliphatic heterocycles. The first-order valence-corrected chi connectivity index (χ1v) is 10.9. The van der Waals surface area contributed by atoms with E-state index < -0.39 is 15.9 Å². The van der Waals surface area contributed by atoms with E-state index in [9.17, 15) is 13.2 Å². The number of halogens is 1. The van der Waals surface area contributed by atoms with Crippen molar-refractivity contribution in [1.82, 2.24) is 4.31 Å². The van der Waals surface area contributed by atoms with E-state index >= 15 is 0 Å². The molecule has 2 aromatic carbocycles. The Morgan fingerprint density at radius 1 is 1.14 bits per heavy atom. The molecule has 0 saturated carbocycles. The van der Waals surface area contributed by atoms with Crippen molar-refractivity contribution in [1.29, 1.82) is 0 Å². The van der Waals surface area contributed by atoms with E-state index in [0.717, 1.165) is 5.56 Å². The topological polar surface area (TPSA) is 84.9 Å². The minimum atomic E-state index is -3.70. The zero-order chi connectivity index (χ0) is 21.2. The van der Waals surface area contributed by atoms with Crippen molar-refractivity contribution in [2.45, 2.75) is 18.7 Å². The highest BCUT2D eigenvalue weighted by Crippen LogP contribution is 2.31. The lowest BCUT2D eigenvalue weighted by Crippen LogP contribution is -2.40. The molecule has 0 aromatic heterocycles. The molecule has 156 valence electrons.